The molecule has 7 heteroatoms. The summed E-state index contributed by atoms with van der Waals surface area (Å²) in [5.74, 6) is -1.86. The van der Waals surface area contributed by atoms with E-state index in [1.54, 1.807) is 20.8 Å². The Bertz CT molecular complexity index is 502. The fourth-order valence-electron chi connectivity index (χ4n) is 1.67. The van der Waals surface area contributed by atoms with E-state index in [1.165, 1.54) is 18.6 Å². The van der Waals surface area contributed by atoms with Crippen LogP contribution >= 0.6 is 0 Å². The lowest BCUT2D eigenvalue weighted by molar-refractivity contribution is -0.144. The van der Waals surface area contributed by atoms with Crippen LogP contribution in [-0.4, -0.2) is 35.5 Å². The highest BCUT2D eigenvalue weighted by Crippen LogP contribution is 2.19. The minimum atomic E-state index is -1.08. The first kappa shape index (κ1) is 16.7. The van der Waals surface area contributed by atoms with Gasteiger partial charge < -0.3 is 20.2 Å². The van der Waals surface area contributed by atoms with E-state index in [9.17, 15) is 14.4 Å². The van der Waals surface area contributed by atoms with Crippen LogP contribution in [0.5, 0.6) is 0 Å². The van der Waals surface area contributed by atoms with Crippen molar-refractivity contribution in [1.82, 2.24) is 10.6 Å². The summed E-state index contributed by atoms with van der Waals surface area (Å²) < 4.78 is 4.77. The zero-order valence-corrected chi connectivity index (χ0v) is 12.3. The van der Waals surface area contributed by atoms with Gasteiger partial charge in [-0.3, -0.25) is 9.59 Å². The summed E-state index contributed by atoms with van der Waals surface area (Å²) in [7, 11) is 0. The Labute approximate surface area is 122 Å². The average Bonchev–Trinajstić information content (AvgIpc) is 2.87. The molecule has 2 amide bonds. The number of rotatable bonds is 6. The standard InChI is InChI=1S/C14H20N2O5/c1-14(2,3)11(13(19)20)16-10(17)4-6-15-12(18)9-5-7-21-8-9/h5,7-8,11H,4,6H2,1-3H3,(H,15,18)(H,16,17)(H,19,20)/t11-/m0/s1. The van der Waals surface area contributed by atoms with Gasteiger partial charge in [0.15, 0.2) is 0 Å². The normalized spacial score (nSPS) is 12.5. The molecule has 0 bridgehead atoms. The van der Waals surface area contributed by atoms with Crippen molar-refractivity contribution < 1.29 is 23.9 Å². The number of carboxylic acid groups (broad SMARTS) is 1. The second kappa shape index (κ2) is 6.92. The second-order valence-corrected chi connectivity index (χ2v) is 5.72. The van der Waals surface area contributed by atoms with E-state index in [1.807, 2.05) is 0 Å². The molecule has 1 aromatic rings. The fourth-order valence-corrected chi connectivity index (χ4v) is 1.67. The van der Waals surface area contributed by atoms with Gasteiger partial charge in [-0.1, -0.05) is 20.8 Å². The van der Waals surface area contributed by atoms with Gasteiger partial charge in [0.05, 0.1) is 11.8 Å². The number of hydrogen-bond acceptors (Lipinski definition) is 4. The number of aliphatic carboxylic acids is 1. The number of nitrogens with one attached hydrogen (secondary N) is 2. The summed E-state index contributed by atoms with van der Waals surface area (Å²) >= 11 is 0. The Hall–Kier alpha value is -2.31. The van der Waals surface area contributed by atoms with E-state index < -0.39 is 23.3 Å². The van der Waals surface area contributed by atoms with Gasteiger partial charge in [0.25, 0.3) is 5.91 Å². The van der Waals surface area contributed by atoms with Crippen LogP contribution in [0, 0.1) is 5.41 Å². The molecule has 116 valence electrons. The van der Waals surface area contributed by atoms with Crippen molar-refractivity contribution in [2.45, 2.75) is 33.2 Å². The monoisotopic (exact) mass is 296 g/mol. The first-order valence-electron chi connectivity index (χ1n) is 6.54. The topological polar surface area (TPSA) is 109 Å². The quantitative estimate of drug-likeness (QED) is 0.726. The molecule has 0 spiro atoms. The van der Waals surface area contributed by atoms with Gasteiger partial charge in [0, 0.05) is 13.0 Å². The third kappa shape index (κ3) is 5.29. The molecule has 3 N–H and O–H groups in total. The molecule has 0 aromatic carbocycles. The van der Waals surface area contributed by atoms with Crippen LogP contribution in [0.1, 0.15) is 37.6 Å². The molecule has 0 fully saturated rings. The van der Waals surface area contributed by atoms with Crippen LogP contribution < -0.4 is 10.6 Å². The summed E-state index contributed by atoms with van der Waals surface area (Å²) in [6.45, 7) is 5.30. The van der Waals surface area contributed by atoms with Crippen LogP contribution in [0.3, 0.4) is 0 Å². The Morgan fingerprint density at radius 1 is 1.33 bits per heavy atom. The predicted molar refractivity (Wildman–Crippen MR) is 74.7 cm³/mol. The Kier molecular flexibility index (Phi) is 5.52. The summed E-state index contributed by atoms with van der Waals surface area (Å²) in [5.41, 5.74) is -0.227. The Balaban J connectivity index is 2.40. The molecule has 1 aromatic heterocycles. The molecule has 0 radical (unpaired) electrons. The van der Waals surface area contributed by atoms with Gasteiger partial charge in [0.2, 0.25) is 5.91 Å². The van der Waals surface area contributed by atoms with E-state index in [2.05, 4.69) is 10.6 Å². The smallest absolute Gasteiger partial charge is 0.326 e. The third-order valence-corrected chi connectivity index (χ3v) is 2.84. The maximum absolute atomic E-state index is 11.7. The van der Waals surface area contributed by atoms with Crippen LogP contribution in [-0.2, 0) is 9.59 Å². The maximum Gasteiger partial charge on any atom is 0.326 e. The molecular formula is C14H20N2O5. The number of carbonyl (C=O) groups is 3. The van der Waals surface area contributed by atoms with Crippen molar-refractivity contribution in [3.05, 3.63) is 24.2 Å². The van der Waals surface area contributed by atoms with Crippen molar-refractivity contribution >= 4 is 17.8 Å². The lowest BCUT2D eigenvalue weighted by Crippen LogP contribution is -2.49. The van der Waals surface area contributed by atoms with Crippen molar-refractivity contribution in [3.63, 3.8) is 0 Å². The highest BCUT2D eigenvalue weighted by molar-refractivity contribution is 5.94. The Morgan fingerprint density at radius 3 is 2.48 bits per heavy atom. The van der Waals surface area contributed by atoms with E-state index in [0.29, 0.717) is 5.56 Å². The van der Waals surface area contributed by atoms with Crippen molar-refractivity contribution in [3.8, 4) is 0 Å². The highest BCUT2D eigenvalue weighted by Gasteiger charge is 2.32. The fraction of sp³-hybridized carbons (Fsp3) is 0.500. The van der Waals surface area contributed by atoms with Gasteiger partial charge in [-0.25, -0.2) is 4.79 Å². The highest BCUT2D eigenvalue weighted by atomic mass is 16.4. The molecular weight excluding hydrogens is 276 g/mol. The van der Waals surface area contributed by atoms with Crippen molar-refractivity contribution in [2.75, 3.05) is 6.54 Å². The first-order valence-corrected chi connectivity index (χ1v) is 6.54. The van der Waals surface area contributed by atoms with E-state index in [0.717, 1.165) is 0 Å². The molecule has 21 heavy (non-hydrogen) atoms. The zero-order valence-electron chi connectivity index (χ0n) is 12.3. The number of hydrogen-bond donors (Lipinski definition) is 3. The molecule has 0 unspecified atom stereocenters. The number of amides is 2. The van der Waals surface area contributed by atoms with Crippen LogP contribution in [0.15, 0.2) is 23.0 Å². The van der Waals surface area contributed by atoms with Gasteiger partial charge in [-0.2, -0.15) is 0 Å². The third-order valence-electron chi connectivity index (χ3n) is 2.84. The van der Waals surface area contributed by atoms with Crippen LogP contribution in [0.2, 0.25) is 0 Å². The summed E-state index contributed by atoms with van der Waals surface area (Å²) in [6.07, 6.45) is 2.68. The largest absolute Gasteiger partial charge is 0.480 e. The minimum Gasteiger partial charge on any atom is -0.480 e. The van der Waals surface area contributed by atoms with E-state index >= 15 is 0 Å². The lowest BCUT2D eigenvalue weighted by atomic mass is 9.86. The molecule has 7 nitrogen and oxygen atoms in total. The first-order chi connectivity index (χ1) is 9.71. The number of carbonyl (C=O) groups excluding carboxylic acids is 2. The zero-order chi connectivity index (χ0) is 16.0. The van der Waals surface area contributed by atoms with E-state index in [-0.39, 0.29) is 18.9 Å². The second-order valence-electron chi connectivity index (χ2n) is 5.72. The number of carboxylic acids is 1. The molecule has 0 aliphatic rings. The van der Waals surface area contributed by atoms with Crippen LogP contribution in [0.4, 0.5) is 0 Å². The summed E-state index contributed by atoms with van der Waals surface area (Å²) in [5, 5.41) is 14.1. The van der Waals surface area contributed by atoms with E-state index in [4.69, 9.17) is 9.52 Å². The summed E-state index contributed by atoms with van der Waals surface area (Å²) in [4.78, 5) is 34.4. The lowest BCUT2D eigenvalue weighted by Gasteiger charge is -2.27. The maximum atomic E-state index is 11.7. The molecule has 0 saturated carbocycles. The molecule has 0 aliphatic heterocycles. The predicted octanol–water partition coefficient (Wildman–Crippen LogP) is 1.01. The van der Waals surface area contributed by atoms with Crippen molar-refractivity contribution in [1.29, 1.82) is 0 Å². The molecule has 0 aliphatic carbocycles. The Morgan fingerprint density at radius 2 is 2.00 bits per heavy atom. The van der Waals surface area contributed by atoms with Gasteiger partial charge in [-0.15, -0.1) is 0 Å². The molecule has 1 atom stereocenters. The number of furan rings is 1. The van der Waals surface area contributed by atoms with Gasteiger partial charge in [0.1, 0.15) is 12.3 Å². The summed E-state index contributed by atoms with van der Waals surface area (Å²) in [6, 6.07) is 0.532. The van der Waals surface area contributed by atoms with Gasteiger partial charge >= 0.3 is 5.97 Å². The average molecular weight is 296 g/mol. The van der Waals surface area contributed by atoms with Crippen LogP contribution in [0.25, 0.3) is 0 Å². The molecule has 1 heterocycles. The molecule has 1 rings (SSSR count). The minimum absolute atomic E-state index is 0.00342. The molecule has 0 saturated heterocycles. The van der Waals surface area contributed by atoms with Crippen molar-refractivity contribution in [2.24, 2.45) is 5.41 Å². The SMILES string of the molecule is CC(C)(C)[C@@H](NC(=O)CCNC(=O)c1ccoc1)C(=O)O. The van der Waals surface area contributed by atoms with Gasteiger partial charge in [-0.05, 0) is 11.5 Å².